The van der Waals surface area contributed by atoms with Gasteiger partial charge in [-0.2, -0.15) is 0 Å². The number of aryl methyl sites for hydroxylation is 1. The minimum Gasteiger partial charge on any atom is -0.331 e. The number of para-hydroxylation sites is 1. The fourth-order valence-electron chi connectivity index (χ4n) is 1.54. The van der Waals surface area contributed by atoms with Gasteiger partial charge in [0, 0.05) is 13.5 Å². The van der Waals surface area contributed by atoms with Crippen molar-refractivity contribution in [2.75, 3.05) is 0 Å². The lowest BCUT2D eigenvalue weighted by Gasteiger charge is -1.97. The Balaban J connectivity index is 2.72. The Bertz CT molecular complexity index is 485. The molecule has 2 rings (SSSR count). The summed E-state index contributed by atoms with van der Waals surface area (Å²) in [6.07, 6.45) is 2.61. The molecule has 0 amide bonds. The van der Waals surface area contributed by atoms with Gasteiger partial charge in [0.15, 0.2) is 0 Å². The van der Waals surface area contributed by atoms with Crippen molar-refractivity contribution >= 4 is 22.6 Å². The third-order valence-corrected chi connectivity index (χ3v) is 2.59. The SMILES string of the molecule is C=CCc1nc2c(Cl)cccc2n1C. The van der Waals surface area contributed by atoms with Crippen LogP contribution in [0, 0.1) is 0 Å². The number of halogens is 1. The third kappa shape index (κ3) is 1.32. The average Bonchev–Trinajstić information content (AvgIpc) is 2.48. The zero-order chi connectivity index (χ0) is 10.1. The zero-order valence-electron chi connectivity index (χ0n) is 8.00. The average molecular weight is 207 g/mol. The molecule has 0 saturated carbocycles. The fourth-order valence-corrected chi connectivity index (χ4v) is 1.75. The molecule has 72 valence electrons. The molecule has 0 spiro atoms. The highest BCUT2D eigenvalue weighted by Crippen LogP contribution is 2.23. The van der Waals surface area contributed by atoms with E-state index in [4.69, 9.17) is 11.6 Å². The van der Waals surface area contributed by atoms with E-state index in [0.717, 1.165) is 23.3 Å². The molecule has 0 unspecified atom stereocenters. The van der Waals surface area contributed by atoms with Crippen molar-refractivity contribution in [1.82, 2.24) is 9.55 Å². The summed E-state index contributed by atoms with van der Waals surface area (Å²) in [6.45, 7) is 3.70. The fraction of sp³-hybridized carbons (Fsp3) is 0.182. The Morgan fingerprint density at radius 3 is 3.00 bits per heavy atom. The van der Waals surface area contributed by atoms with Crippen molar-refractivity contribution in [3.05, 3.63) is 41.7 Å². The molecule has 0 aliphatic heterocycles. The first-order chi connectivity index (χ1) is 6.74. The molecule has 1 aromatic heterocycles. The van der Waals surface area contributed by atoms with Gasteiger partial charge in [-0.25, -0.2) is 4.98 Å². The summed E-state index contributed by atoms with van der Waals surface area (Å²) in [5, 5.41) is 0.702. The first kappa shape index (κ1) is 9.28. The summed E-state index contributed by atoms with van der Waals surface area (Å²) >= 11 is 6.04. The van der Waals surface area contributed by atoms with E-state index in [-0.39, 0.29) is 0 Å². The van der Waals surface area contributed by atoms with E-state index in [1.807, 2.05) is 35.9 Å². The molecular formula is C11H11ClN2. The zero-order valence-corrected chi connectivity index (χ0v) is 8.75. The molecule has 0 fully saturated rings. The molecule has 14 heavy (non-hydrogen) atoms. The number of hydrogen-bond donors (Lipinski definition) is 0. The number of aromatic nitrogens is 2. The predicted octanol–water partition coefficient (Wildman–Crippen LogP) is 2.96. The van der Waals surface area contributed by atoms with Crippen LogP contribution in [0.25, 0.3) is 11.0 Å². The molecule has 0 aliphatic carbocycles. The normalized spacial score (nSPS) is 10.7. The third-order valence-electron chi connectivity index (χ3n) is 2.28. The van der Waals surface area contributed by atoms with Crippen LogP contribution in [0.15, 0.2) is 30.9 Å². The number of hydrogen-bond acceptors (Lipinski definition) is 1. The number of allylic oxidation sites excluding steroid dienone is 1. The van der Waals surface area contributed by atoms with E-state index in [0.29, 0.717) is 5.02 Å². The van der Waals surface area contributed by atoms with Gasteiger partial charge in [-0.05, 0) is 12.1 Å². The van der Waals surface area contributed by atoms with Crippen LogP contribution in [0.5, 0.6) is 0 Å². The number of imidazole rings is 1. The largest absolute Gasteiger partial charge is 0.331 e. The standard InChI is InChI=1S/C11H11ClN2/c1-3-5-10-13-11-8(12)6-4-7-9(11)14(10)2/h3-4,6-7H,1,5H2,2H3. The van der Waals surface area contributed by atoms with Crippen LogP contribution in [0.3, 0.4) is 0 Å². The molecule has 3 heteroatoms. The topological polar surface area (TPSA) is 17.8 Å². The summed E-state index contributed by atoms with van der Waals surface area (Å²) in [5.41, 5.74) is 1.93. The van der Waals surface area contributed by atoms with Crippen molar-refractivity contribution in [3.63, 3.8) is 0 Å². The van der Waals surface area contributed by atoms with Gasteiger partial charge < -0.3 is 4.57 Å². The Morgan fingerprint density at radius 2 is 2.36 bits per heavy atom. The minimum absolute atomic E-state index is 0.702. The molecule has 1 aromatic carbocycles. The van der Waals surface area contributed by atoms with Crippen molar-refractivity contribution in [1.29, 1.82) is 0 Å². The van der Waals surface area contributed by atoms with E-state index < -0.39 is 0 Å². The van der Waals surface area contributed by atoms with Gasteiger partial charge >= 0.3 is 0 Å². The monoisotopic (exact) mass is 206 g/mol. The molecule has 0 bridgehead atoms. The summed E-state index contributed by atoms with van der Waals surface area (Å²) in [4.78, 5) is 4.46. The lowest BCUT2D eigenvalue weighted by atomic mass is 10.3. The van der Waals surface area contributed by atoms with Crippen LogP contribution in [0.4, 0.5) is 0 Å². The van der Waals surface area contributed by atoms with E-state index in [2.05, 4.69) is 11.6 Å². The van der Waals surface area contributed by atoms with Crippen LogP contribution < -0.4 is 0 Å². The quantitative estimate of drug-likeness (QED) is 0.691. The van der Waals surface area contributed by atoms with Crippen LogP contribution in [-0.4, -0.2) is 9.55 Å². The number of nitrogens with zero attached hydrogens (tertiary/aromatic N) is 2. The predicted molar refractivity (Wildman–Crippen MR) is 59.6 cm³/mol. The summed E-state index contributed by atoms with van der Waals surface area (Å²) in [5.74, 6) is 0.989. The second-order valence-corrected chi connectivity index (χ2v) is 3.59. The maximum Gasteiger partial charge on any atom is 0.113 e. The van der Waals surface area contributed by atoms with Gasteiger partial charge in [0.05, 0.1) is 10.5 Å². The highest BCUT2D eigenvalue weighted by atomic mass is 35.5. The number of benzene rings is 1. The van der Waals surface area contributed by atoms with E-state index in [1.165, 1.54) is 0 Å². The Morgan fingerprint density at radius 1 is 1.57 bits per heavy atom. The van der Waals surface area contributed by atoms with Gasteiger partial charge in [0.1, 0.15) is 11.3 Å². The van der Waals surface area contributed by atoms with Crippen molar-refractivity contribution < 1.29 is 0 Å². The molecular weight excluding hydrogens is 196 g/mol. The van der Waals surface area contributed by atoms with Crippen LogP contribution in [-0.2, 0) is 13.5 Å². The maximum atomic E-state index is 6.04. The number of fused-ring (bicyclic) bond motifs is 1. The van der Waals surface area contributed by atoms with Crippen LogP contribution in [0.1, 0.15) is 5.82 Å². The lowest BCUT2D eigenvalue weighted by Crippen LogP contribution is -1.95. The smallest absolute Gasteiger partial charge is 0.113 e. The van der Waals surface area contributed by atoms with Crippen molar-refractivity contribution in [2.24, 2.45) is 7.05 Å². The van der Waals surface area contributed by atoms with E-state index >= 15 is 0 Å². The minimum atomic E-state index is 0.702. The summed E-state index contributed by atoms with van der Waals surface area (Å²) < 4.78 is 2.04. The molecule has 0 radical (unpaired) electrons. The second kappa shape index (κ2) is 3.46. The summed E-state index contributed by atoms with van der Waals surface area (Å²) in [7, 11) is 1.99. The molecule has 0 saturated heterocycles. The molecule has 0 aliphatic rings. The molecule has 2 aromatic rings. The highest BCUT2D eigenvalue weighted by molar-refractivity contribution is 6.34. The first-order valence-electron chi connectivity index (χ1n) is 4.44. The Kier molecular flexibility index (Phi) is 2.30. The molecule has 0 atom stereocenters. The maximum absolute atomic E-state index is 6.04. The second-order valence-electron chi connectivity index (χ2n) is 3.19. The molecule has 1 heterocycles. The van der Waals surface area contributed by atoms with Gasteiger partial charge in [-0.1, -0.05) is 23.7 Å². The molecule has 2 nitrogen and oxygen atoms in total. The van der Waals surface area contributed by atoms with E-state index in [1.54, 1.807) is 0 Å². The van der Waals surface area contributed by atoms with E-state index in [9.17, 15) is 0 Å². The molecule has 0 N–H and O–H groups in total. The van der Waals surface area contributed by atoms with Gasteiger partial charge in [0.25, 0.3) is 0 Å². The van der Waals surface area contributed by atoms with Crippen molar-refractivity contribution in [3.8, 4) is 0 Å². The summed E-state index contributed by atoms with van der Waals surface area (Å²) in [6, 6.07) is 5.80. The van der Waals surface area contributed by atoms with Gasteiger partial charge in [0.2, 0.25) is 0 Å². The lowest BCUT2D eigenvalue weighted by molar-refractivity contribution is 0.854. The van der Waals surface area contributed by atoms with Crippen molar-refractivity contribution in [2.45, 2.75) is 6.42 Å². The van der Waals surface area contributed by atoms with Gasteiger partial charge in [-0.3, -0.25) is 0 Å². The van der Waals surface area contributed by atoms with Crippen LogP contribution in [0.2, 0.25) is 5.02 Å². The Hall–Kier alpha value is -1.28. The van der Waals surface area contributed by atoms with Crippen LogP contribution >= 0.6 is 11.6 Å². The number of rotatable bonds is 2. The highest BCUT2D eigenvalue weighted by Gasteiger charge is 2.08. The first-order valence-corrected chi connectivity index (χ1v) is 4.82. The van der Waals surface area contributed by atoms with Gasteiger partial charge in [-0.15, -0.1) is 6.58 Å². The Labute approximate surface area is 87.8 Å².